The van der Waals surface area contributed by atoms with Crippen LogP contribution in [0.4, 0.5) is 15.8 Å². The van der Waals surface area contributed by atoms with Gasteiger partial charge in [-0.1, -0.05) is 17.7 Å². The van der Waals surface area contributed by atoms with Crippen molar-refractivity contribution in [3.8, 4) is 0 Å². The second kappa shape index (κ2) is 11.4. The van der Waals surface area contributed by atoms with Crippen LogP contribution in [0.1, 0.15) is 56.6 Å². The first kappa shape index (κ1) is 26.7. The summed E-state index contributed by atoms with van der Waals surface area (Å²) in [5, 5.41) is 15.1. The Hall–Kier alpha value is -3.34. The topological polar surface area (TPSA) is 112 Å². The lowest BCUT2D eigenvalue weighted by molar-refractivity contribution is -0.116. The van der Waals surface area contributed by atoms with Crippen molar-refractivity contribution in [3.63, 3.8) is 0 Å². The van der Waals surface area contributed by atoms with E-state index in [1.807, 2.05) is 0 Å². The molecule has 8 nitrogen and oxygen atoms in total. The third-order valence-corrected chi connectivity index (χ3v) is 7.50. The number of fused-ring (bicyclic) bond motifs is 1. The Morgan fingerprint density at radius 3 is 2.68 bits per heavy atom. The summed E-state index contributed by atoms with van der Waals surface area (Å²) in [6, 6.07) is 8.72. The first-order valence-corrected chi connectivity index (χ1v) is 12.9. The molecule has 0 aliphatic carbocycles. The Balaban J connectivity index is 1.47. The van der Waals surface area contributed by atoms with Crippen LogP contribution in [0.3, 0.4) is 0 Å². The molecule has 0 saturated carbocycles. The van der Waals surface area contributed by atoms with Crippen LogP contribution in [0.5, 0.6) is 0 Å². The minimum atomic E-state index is -1.14. The molecule has 1 aliphatic rings. The van der Waals surface area contributed by atoms with E-state index in [1.165, 1.54) is 35.6 Å². The average Bonchev–Trinajstić information content (AvgIpc) is 3.29. The third kappa shape index (κ3) is 6.51. The summed E-state index contributed by atoms with van der Waals surface area (Å²) in [5.41, 5.74) is 2.08. The summed E-state index contributed by atoms with van der Waals surface area (Å²) >= 11 is 7.01. The summed E-state index contributed by atoms with van der Waals surface area (Å²) in [6.45, 7) is 5.88. The molecule has 2 aromatic carbocycles. The van der Waals surface area contributed by atoms with E-state index in [9.17, 15) is 23.9 Å². The van der Waals surface area contributed by atoms with E-state index in [2.05, 4.69) is 34.4 Å². The largest absolute Gasteiger partial charge is 0.478 e. The standard InChI is InChI=1S/C26H26ClFN4O4S/c1-14(2)32-10-9-20-22(13-32)37-25(31-20)24(34)30-21-11-16(26(35)36)4-3-15(21)5-8-23(33)29-17-6-7-18(27)19(28)12-17/h3-4,6-7,11-12,14H,5,8-10,13H2,1-2H3,(H,29,33)(H,30,34)(H,35,36). The van der Waals surface area contributed by atoms with Crippen molar-refractivity contribution in [1.29, 1.82) is 0 Å². The van der Waals surface area contributed by atoms with Gasteiger partial charge in [-0.25, -0.2) is 14.2 Å². The van der Waals surface area contributed by atoms with Gasteiger partial charge >= 0.3 is 5.97 Å². The number of amides is 2. The smallest absolute Gasteiger partial charge is 0.335 e. The van der Waals surface area contributed by atoms with Gasteiger partial charge < -0.3 is 15.7 Å². The molecule has 0 atom stereocenters. The van der Waals surface area contributed by atoms with Crippen molar-refractivity contribution in [2.45, 2.75) is 45.7 Å². The van der Waals surface area contributed by atoms with Crippen LogP contribution in [-0.4, -0.2) is 45.4 Å². The Bertz CT molecular complexity index is 1360. The van der Waals surface area contributed by atoms with Crippen LogP contribution in [0.15, 0.2) is 36.4 Å². The number of carbonyl (C=O) groups is 3. The number of nitrogens with one attached hydrogen (secondary N) is 2. The van der Waals surface area contributed by atoms with Crippen molar-refractivity contribution in [2.75, 3.05) is 17.2 Å². The highest BCUT2D eigenvalue weighted by Crippen LogP contribution is 2.28. The molecule has 1 aromatic heterocycles. The van der Waals surface area contributed by atoms with Crippen molar-refractivity contribution in [3.05, 3.63) is 73.9 Å². The molecular weight excluding hydrogens is 519 g/mol. The molecule has 3 aromatic rings. The van der Waals surface area contributed by atoms with Gasteiger partial charge in [0.05, 0.1) is 16.3 Å². The molecule has 0 fully saturated rings. The molecule has 0 radical (unpaired) electrons. The highest BCUT2D eigenvalue weighted by atomic mass is 35.5. The quantitative estimate of drug-likeness (QED) is 0.358. The van der Waals surface area contributed by atoms with E-state index >= 15 is 0 Å². The minimum Gasteiger partial charge on any atom is -0.478 e. The predicted molar refractivity (Wildman–Crippen MR) is 141 cm³/mol. The van der Waals surface area contributed by atoms with Crippen LogP contribution in [0, 0.1) is 5.82 Å². The zero-order valence-corrected chi connectivity index (χ0v) is 21.9. The number of aryl methyl sites for hydroxylation is 1. The van der Waals surface area contributed by atoms with Gasteiger partial charge in [-0.15, -0.1) is 11.3 Å². The highest BCUT2D eigenvalue weighted by molar-refractivity contribution is 7.13. The average molecular weight is 545 g/mol. The number of benzene rings is 2. The van der Waals surface area contributed by atoms with Gasteiger partial charge in [-0.3, -0.25) is 14.5 Å². The van der Waals surface area contributed by atoms with E-state index in [4.69, 9.17) is 11.6 Å². The highest BCUT2D eigenvalue weighted by Gasteiger charge is 2.25. The number of carboxylic acids is 1. The van der Waals surface area contributed by atoms with E-state index < -0.39 is 17.7 Å². The van der Waals surface area contributed by atoms with E-state index in [-0.39, 0.29) is 35.0 Å². The molecule has 0 saturated heterocycles. The molecule has 11 heteroatoms. The van der Waals surface area contributed by atoms with Crippen molar-refractivity contribution >= 4 is 52.1 Å². The molecule has 37 heavy (non-hydrogen) atoms. The molecule has 0 spiro atoms. The normalized spacial score (nSPS) is 13.3. The van der Waals surface area contributed by atoms with Crippen LogP contribution in [0.2, 0.25) is 5.02 Å². The summed E-state index contributed by atoms with van der Waals surface area (Å²) in [5.74, 6) is -2.58. The molecule has 2 heterocycles. The maximum atomic E-state index is 13.6. The fraction of sp³-hybridized carbons (Fsp3) is 0.308. The van der Waals surface area contributed by atoms with Gasteiger partial charge in [-0.05, 0) is 56.2 Å². The molecule has 2 amide bonds. The summed E-state index contributed by atoms with van der Waals surface area (Å²) in [4.78, 5) is 44.9. The molecule has 0 unspecified atom stereocenters. The molecule has 4 rings (SSSR count). The van der Waals surface area contributed by atoms with Crippen molar-refractivity contribution in [2.24, 2.45) is 0 Å². The summed E-state index contributed by atoms with van der Waals surface area (Å²) < 4.78 is 13.6. The molecule has 1 aliphatic heterocycles. The van der Waals surface area contributed by atoms with Crippen LogP contribution in [-0.2, 0) is 24.2 Å². The molecular formula is C26H26ClFN4O4S. The first-order valence-electron chi connectivity index (χ1n) is 11.8. The first-order chi connectivity index (χ1) is 17.6. The lowest BCUT2D eigenvalue weighted by atomic mass is 10.0. The van der Waals surface area contributed by atoms with Crippen molar-refractivity contribution < 1.29 is 23.9 Å². The summed E-state index contributed by atoms with van der Waals surface area (Å²) in [7, 11) is 0. The second-order valence-electron chi connectivity index (χ2n) is 9.01. The third-order valence-electron chi connectivity index (χ3n) is 6.12. The Labute approximate surface area is 222 Å². The number of carboxylic acid groups (broad SMARTS) is 1. The van der Waals surface area contributed by atoms with Crippen LogP contribution >= 0.6 is 22.9 Å². The maximum Gasteiger partial charge on any atom is 0.335 e. The molecule has 0 bridgehead atoms. The molecule has 194 valence electrons. The summed E-state index contributed by atoms with van der Waals surface area (Å²) in [6.07, 6.45) is 1.01. The van der Waals surface area contributed by atoms with E-state index in [0.717, 1.165) is 36.1 Å². The zero-order valence-electron chi connectivity index (χ0n) is 20.3. The SMILES string of the molecule is CC(C)N1CCc2nc(C(=O)Nc3cc(C(=O)O)ccc3CCC(=O)Nc3ccc(Cl)c(F)c3)sc2C1. The number of hydrogen-bond acceptors (Lipinski definition) is 6. The number of carbonyl (C=O) groups excluding carboxylic acids is 2. The maximum absolute atomic E-state index is 13.6. The minimum absolute atomic E-state index is 0.00569. The Morgan fingerprint density at radius 2 is 1.97 bits per heavy atom. The predicted octanol–water partition coefficient (Wildman–Crippen LogP) is 5.22. The fourth-order valence-electron chi connectivity index (χ4n) is 4.02. The van der Waals surface area contributed by atoms with Crippen LogP contribution < -0.4 is 10.6 Å². The number of aromatic nitrogens is 1. The number of aromatic carboxylic acids is 1. The van der Waals surface area contributed by atoms with Crippen LogP contribution in [0.25, 0.3) is 0 Å². The monoisotopic (exact) mass is 544 g/mol. The second-order valence-corrected chi connectivity index (χ2v) is 10.5. The number of rotatable bonds is 8. The van der Waals surface area contributed by atoms with Gasteiger partial charge in [0, 0.05) is 48.2 Å². The number of anilines is 2. The van der Waals surface area contributed by atoms with Crippen molar-refractivity contribution in [1.82, 2.24) is 9.88 Å². The van der Waals surface area contributed by atoms with Gasteiger partial charge in [0.25, 0.3) is 5.91 Å². The number of thiazole rings is 1. The lowest BCUT2D eigenvalue weighted by Gasteiger charge is -2.29. The Morgan fingerprint density at radius 1 is 1.19 bits per heavy atom. The van der Waals surface area contributed by atoms with Gasteiger partial charge in [0.2, 0.25) is 5.91 Å². The number of halogens is 2. The van der Waals surface area contributed by atoms with E-state index in [0.29, 0.717) is 22.3 Å². The number of nitrogens with zero attached hydrogens (tertiary/aromatic N) is 2. The van der Waals surface area contributed by atoms with Gasteiger partial charge in [0.15, 0.2) is 5.01 Å². The Kier molecular flexibility index (Phi) is 8.21. The fourth-order valence-corrected chi connectivity index (χ4v) is 5.16. The lowest BCUT2D eigenvalue weighted by Crippen LogP contribution is -2.35. The zero-order chi connectivity index (χ0) is 26.7. The van der Waals surface area contributed by atoms with E-state index in [1.54, 1.807) is 6.07 Å². The molecule has 3 N–H and O–H groups in total. The van der Waals surface area contributed by atoms with Gasteiger partial charge in [0.1, 0.15) is 5.82 Å². The van der Waals surface area contributed by atoms with Gasteiger partial charge in [-0.2, -0.15) is 0 Å². The number of hydrogen-bond donors (Lipinski definition) is 3.